The Morgan fingerprint density at radius 3 is 3.00 bits per heavy atom. The molecule has 4 rings (SSSR count). The molecule has 0 bridgehead atoms. The van der Waals surface area contributed by atoms with Crippen LogP contribution >= 0.6 is 0 Å². The van der Waals surface area contributed by atoms with Gasteiger partial charge in [-0.3, -0.25) is 9.48 Å². The van der Waals surface area contributed by atoms with E-state index in [0.29, 0.717) is 44.6 Å². The zero-order chi connectivity index (χ0) is 21.6. The Morgan fingerprint density at radius 1 is 1.39 bits per heavy atom. The number of aromatic nitrogens is 2. The van der Waals surface area contributed by atoms with E-state index in [-0.39, 0.29) is 5.91 Å². The highest BCUT2D eigenvalue weighted by atomic mass is 16.5. The second-order valence-corrected chi connectivity index (χ2v) is 8.14. The van der Waals surface area contributed by atoms with E-state index in [9.17, 15) is 4.79 Å². The minimum Gasteiger partial charge on any atom is -0.497 e. The van der Waals surface area contributed by atoms with Crippen molar-refractivity contribution in [3.8, 4) is 5.75 Å². The van der Waals surface area contributed by atoms with Crippen LogP contribution in [-0.4, -0.2) is 66.6 Å². The van der Waals surface area contributed by atoms with Gasteiger partial charge in [-0.15, -0.1) is 6.58 Å². The normalized spacial score (nSPS) is 18.5. The Kier molecular flexibility index (Phi) is 7.04. The molecule has 1 aromatic heterocycles. The molecule has 1 aliphatic heterocycles. The predicted octanol–water partition coefficient (Wildman–Crippen LogP) is 2.24. The molecule has 1 amide bonds. The van der Waals surface area contributed by atoms with Crippen LogP contribution in [-0.2, 0) is 30.5 Å². The fraction of sp³-hybridized carbons (Fsp3) is 0.500. The molecule has 7 nitrogen and oxygen atoms in total. The Hall–Kier alpha value is -2.64. The molecule has 1 fully saturated rings. The van der Waals surface area contributed by atoms with Crippen molar-refractivity contribution in [3.05, 3.63) is 59.4 Å². The van der Waals surface area contributed by atoms with Crippen molar-refractivity contribution in [3.63, 3.8) is 0 Å². The number of ether oxygens (including phenoxy) is 2. The SMILES string of the molecule is C=CCn1nc(C(=O)N2CCOCC2)c2c1CC[C@@H](NCCc1cccc(OC)c1)C2. The number of fused-ring (bicyclic) bond motifs is 1. The van der Waals surface area contributed by atoms with E-state index >= 15 is 0 Å². The number of rotatable bonds is 8. The van der Waals surface area contributed by atoms with Crippen molar-refractivity contribution in [1.29, 1.82) is 0 Å². The lowest BCUT2D eigenvalue weighted by Gasteiger charge is -2.28. The van der Waals surface area contributed by atoms with Crippen molar-refractivity contribution in [1.82, 2.24) is 20.0 Å². The molecule has 2 aromatic rings. The molecule has 1 aliphatic carbocycles. The molecule has 2 heterocycles. The molecular weight excluding hydrogens is 392 g/mol. The summed E-state index contributed by atoms with van der Waals surface area (Å²) in [5, 5.41) is 8.40. The van der Waals surface area contributed by atoms with Gasteiger partial charge >= 0.3 is 0 Å². The van der Waals surface area contributed by atoms with Crippen molar-refractivity contribution < 1.29 is 14.3 Å². The lowest BCUT2D eigenvalue weighted by Crippen LogP contribution is -2.42. The molecule has 1 aromatic carbocycles. The van der Waals surface area contributed by atoms with Crippen molar-refractivity contribution >= 4 is 5.91 Å². The summed E-state index contributed by atoms with van der Waals surface area (Å²) in [5.74, 6) is 0.917. The number of methoxy groups -OCH3 is 1. The molecule has 166 valence electrons. The summed E-state index contributed by atoms with van der Waals surface area (Å²) in [7, 11) is 1.69. The second-order valence-electron chi connectivity index (χ2n) is 8.14. The number of amides is 1. The van der Waals surface area contributed by atoms with Gasteiger partial charge in [0.1, 0.15) is 5.75 Å². The minimum atomic E-state index is 0.0272. The third-order valence-corrected chi connectivity index (χ3v) is 6.13. The Morgan fingerprint density at radius 2 is 2.23 bits per heavy atom. The molecule has 2 aliphatic rings. The molecule has 1 saturated heterocycles. The van der Waals surface area contributed by atoms with Crippen LogP contribution in [0.15, 0.2) is 36.9 Å². The maximum Gasteiger partial charge on any atom is 0.274 e. The van der Waals surface area contributed by atoms with Gasteiger partial charge in [0, 0.05) is 30.4 Å². The van der Waals surface area contributed by atoms with E-state index in [1.165, 1.54) is 11.3 Å². The third kappa shape index (κ3) is 4.99. The number of carbonyl (C=O) groups excluding carboxylic acids is 1. The molecule has 31 heavy (non-hydrogen) atoms. The average molecular weight is 425 g/mol. The third-order valence-electron chi connectivity index (χ3n) is 6.13. The summed E-state index contributed by atoms with van der Waals surface area (Å²) in [6.07, 6.45) is 5.57. The van der Waals surface area contributed by atoms with Gasteiger partial charge in [0.25, 0.3) is 5.91 Å². The lowest BCUT2D eigenvalue weighted by atomic mass is 9.91. The van der Waals surface area contributed by atoms with Gasteiger partial charge < -0.3 is 19.7 Å². The van der Waals surface area contributed by atoms with E-state index in [2.05, 4.69) is 24.0 Å². The van der Waals surface area contributed by atoms with Crippen molar-refractivity contribution in [2.75, 3.05) is 40.0 Å². The molecular formula is C24H32N4O3. The smallest absolute Gasteiger partial charge is 0.274 e. The largest absolute Gasteiger partial charge is 0.497 e. The first-order chi connectivity index (χ1) is 15.2. The number of benzene rings is 1. The van der Waals surface area contributed by atoms with E-state index in [4.69, 9.17) is 14.6 Å². The first-order valence-corrected chi connectivity index (χ1v) is 11.1. The summed E-state index contributed by atoms with van der Waals surface area (Å²) in [6, 6.07) is 8.54. The summed E-state index contributed by atoms with van der Waals surface area (Å²) in [4.78, 5) is 15.1. The molecule has 0 unspecified atom stereocenters. The fourth-order valence-electron chi connectivity index (χ4n) is 4.47. The Balaban J connectivity index is 1.44. The number of allylic oxidation sites excluding steroid dienone is 1. The van der Waals surface area contributed by atoms with Crippen LogP contribution in [0, 0.1) is 0 Å². The highest BCUT2D eigenvalue weighted by Crippen LogP contribution is 2.26. The number of hydrogen-bond donors (Lipinski definition) is 1. The van der Waals surface area contributed by atoms with Crippen LogP contribution in [0.25, 0.3) is 0 Å². The van der Waals surface area contributed by atoms with Crippen molar-refractivity contribution in [2.24, 2.45) is 0 Å². The van der Waals surface area contributed by atoms with Gasteiger partial charge in [0.05, 0.1) is 26.9 Å². The maximum absolute atomic E-state index is 13.2. The fourth-order valence-corrected chi connectivity index (χ4v) is 4.47. The molecule has 7 heteroatoms. The highest BCUT2D eigenvalue weighted by molar-refractivity contribution is 5.94. The zero-order valence-electron chi connectivity index (χ0n) is 18.3. The van der Waals surface area contributed by atoms with Gasteiger partial charge in [-0.05, 0) is 49.9 Å². The molecule has 0 radical (unpaired) electrons. The maximum atomic E-state index is 13.2. The number of carbonyl (C=O) groups is 1. The van der Waals surface area contributed by atoms with E-state index < -0.39 is 0 Å². The molecule has 0 saturated carbocycles. The van der Waals surface area contributed by atoms with Gasteiger partial charge in [0.15, 0.2) is 5.69 Å². The molecule has 0 spiro atoms. The summed E-state index contributed by atoms with van der Waals surface area (Å²) < 4.78 is 12.7. The first kappa shape index (κ1) is 21.6. The average Bonchev–Trinajstić information content (AvgIpc) is 3.17. The summed E-state index contributed by atoms with van der Waals surface area (Å²) in [6.45, 7) is 7.82. The lowest BCUT2D eigenvalue weighted by molar-refractivity contribution is 0.0297. The number of nitrogens with one attached hydrogen (secondary N) is 1. The first-order valence-electron chi connectivity index (χ1n) is 11.1. The van der Waals surface area contributed by atoms with Crippen LogP contribution < -0.4 is 10.1 Å². The predicted molar refractivity (Wildman–Crippen MR) is 120 cm³/mol. The van der Waals surface area contributed by atoms with Crippen molar-refractivity contribution in [2.45, 2.75) is 38.3 Å². The Bertz CT molecular complexity index is 918. The monoisotopic (exact) mass is 424 g/mol. The summed E-state index contributed by atoms with van der Waals surface area (Å²) in [5.41, 5.74) is 4.15. The number of hydrogen-bond acceptors (Lipinski definition) is 5. The van der Waals surface area contributed by atoms with Crippen LogP contribution in [0.1, 0.15) is 33.7 Å². The van der Waals surface area contributed by atoms with E-state index in [1.807, 2.05) is 27.8 Å². The zero-order valence-corrected chi connectivity index (χ0v) is 18.3. The standard InChI is InChI=1S/C24H32N4O3/c1-3-11-28-22-8-7-19(25-10-9-18-5-4-6-20(16-18)30-2)17-21(22)23(26-28)24(29)27-12-14-31-15-13-27/h3-6,16,19,25H,1,7-15,17H2,2H3/t19-/m1/s1. The van der Waals surface area contributed by atoms with Crippen LogP contribution in [0.2, 0.25) is 0 Å². The number of nitrogens with zero attached hydrogens (tertiary/aromatic N) is 3. The topological polar surface area (TPSA) is 68.6 Å². The quantitative estimate of drug-likeness (QED) is 0.659. The van der Waals surface area contributed by atoms with Crippen LogP contribution in [0.3, 0.4) is 0 Å². The Labute approximate surface area is 184 Å². The van der Waals surface area contributed by atoms with E-state index in [1.54, 1.807) is 7.11 Å². The van der Waals surface area contributed by atoms with Crippen LogP contribution in [0.5, 0.6) is 5.75 Å². The van der Waals surface area contributed by atoms with Gasteiger partial charge in [-0.1, -0.05) is 18.2 Å². The summed E-state index contributed by atoms with van der Waals surface area (Å²) >= 11 is 0. The van der Waals surface area contributed by atoms with Gasteiger partial charge in [-0.2, -0.15) is 5.10 Å². The van der Waals surface area contributed by atoms with E-state index in [0.717, 1.165) is 43.5 Å². The number of morpholine rings is 1. The molecule has 1 N–H and O–H groups in total. The molecule has 1 atom stereocenters. The highest BCUT2D eigenvalue weighted by Gasteiger charge is 2.31. The van der Waals surface area contributed by atoms with Gasteiger partial charge in [-0.25, -0.2) is 0 Å². The van der Waals surface area contributed by atoms with Gasteiger partial charge in [0.2, 0.25) is 0 Å². The van der Waals surface area contributed by atoms with Crippen LogP contribution in [0.4, 0.5) is 0 Å². The minimum absolute atomic E-state index is 0.0272. The second kappa shape index (κ2) is 10.1.